The van der Waals surface area contributed by atoms with Gasteiger partial charge in [0.1, 0.15) is 0 Å². The number of fused-ring (bicyclic) bond motifs is 1. The van der Waals surface area contributed by atoms with Gasteiger partial charge in [-0.3, -0.25) is 4.79 Å². The van der Waals surface area contributed by atoms with Crippen LogP contribution in [0.1, 0.15) is 23.5 Å². The number of carbonyl (C=O) groups is 1. The summed E-state index contributed by atoms with van der Waals surface area (Å²) < 4.78 is 1.01. The largest absolute Gasteiger partial charge is 0.272 e. The number of nitrogens with one attached hydrogen (secondary N) is 1. The van der Waals surface area contributed by atoms with E-state index in [2.05, 4.69) is 38.6 Å². The summed E-state index contributed by atoms with van der Waals surface area (Å²) >= 11 is 9.52. The van der Waals surface area contributed by atoms with Gasteiger partial charge in [0.25, 0.3) is 0 Å². The highest BCUT2D eigenvalue weighted by Crippen LogP contribution is 2.42. The van der Waals surface area contributed by atoms with Gasteiger partial charge < -0.3 is 0 Å². The van der Waals surface area contributed by atoms with Crippen molar-refractivity contribution < 1.29 is 4.79 Å². The lowest BCUT2D eigenvalue weighted by atomic mass is 9.73. The van der Waals surface area contributed by atoms with Crippen LogP contribution in [0.2, 0.25) is 5.02 Å². The van der Waals surface area contributed by atoms with Gasteiger partial charge in [0.05, 0.1) is 11.6 Å². The van der Waals surface area contributed by atoms with Gasteiger partial charge in [0, 0.05) is 15.4 Å². The molecule has 1 amide bonds. The molecular formula is C19H14BrClN2O. The van der Waals surface area contributed by atoms with Crippen molar-refractivity contribution >= 4 is 44.7 Å². The lowest BCUT2D eigenvalue weighted by molar-refractivity contribution is -0.122. The Morgan fingerprint density at radius 1 is 1.17 bits per heavy atom. The molecule has 2 aromatic carbocycles. The Labute approximate surface area is 153 Å². The predicted octanol–water partition coefficient (Wildman–Crippen LogP) is 4.78. The molecule has 1 aliphatic heterocycles. The molecule has 0 radical (unpaired) electrons. The molecule has 0 bridgehead atoms. The van der Waals surface area contributed by atoms with Crippen molar-refractivity contribution in [2.75, 3.05) is 0 Å². The molecule has 2 unspecified atom stereocenters. The number of amides is 1. The monoisotopic (exact) mass is 400 g/mol. The molecule has 24 heavy (non-hydrogen) atoms. The normalized spacial score (nSPS) is 22.5. The van der Waals surface area contributed by atoms with E-state index in [1.165, 1.54) is 5.57 Å². The van der Waals surface area contributed by atoms with Crippen LogP contribution < -0.4 is 5.43 Å². The zero-order valence-electron chi connectivity index (χ0n) is 12.7. The molecule has 3 nitrogen and oxygen atoms in total. The summed E-state index contributed by atoms with van der Waals surface area (Å²) in [7, 11) is 0. The lowest BCUT2D eigenvalue weighted by Crippen LogP contribution is -2.31. The number of hydrogen-bond acceptors (Lipinski definition) is 2. The number of halogens is 2. The van der Waals surface area contributed by atoms with Gasteiger partial charge in [0.15, 0.2) is 0 Å². The van der Waals surface area contributed by atoms with Crippen LogP contribution >= 0.6 is 27.5 Å². The molecule has 0 saturated heterocycles. The van der Waals surface area contributed by atoms with Crippen LogP contribution in [-0.2, 0) is 4.79 Å². The zero-order valence-corrected chi connectivity index (χ0v) is 15.0. The molecule has 4 rings (SSSR count). The van der Waals surface area contributed by atoms with Crippen molar-refractivity contribution in [2.45, 2.75) is 12.3 Å². The van der Waals surface area contributed by atoms with E-state index in [9.17, 15) is 4.79 Å². The van der Waals surface area contributed by atoms with Gasteiger partial charge in [-0.05, 0) is 53.5 Å². The van der Waals surface area contributed by atoms with Crippen molar-refractivity contribution in [1.82, 2.24) is 5.43 Å². The number of hydrogen-bond donors (Lipinski definition) is 1. The minimum Gasteiger partial charge on any atom is -0.272 e. The Bertz CT molecular complexity index is 873. The molecule has 2 atom stereocenters. The van der Waals surface area contributed by atoms with Crippen LogP contribution in [0.4, 0.5) is 0 Å². The first-order valence-electron chi connectivity index (χ1n) is 7.71. The maximum absolute atomic E-state index is 12.3. The van der Waals surface area contributed by atoms with Crippen LogP contribution in [0.3, 0.4) is 0 Å². The standard InChI is InChI=1S/C19H14BrClN2O/c20-14-3-1-2-12(8-14)16-9-13(11-4-6-15(21)7-5-11)10-17-18(16)19(24)23-22-17/h1-8,10,16,18H,9H2,(H,23,24). The van der Waals surface area contributed by atoms with Crippen molar-refractivity contribution in [2.24, 2.45) is 11.0 Å². The molecule has 0 aromatic heterocycles. The minimum atomic E-state index is -0.227. The number of carbonyl (C=O) groups excluding carboxylic acids is 1. The van der Waals surface area contributed by atoms with Crippen LogP contribution in [0.25, 0.3) is 5.57 Å². The highest BCUT2D eigenvalue weighted by molar-refractivity contribution is 9.10. The molecular weight excluding hydrogens is 388 g/mol. The highest BCUT2D eigenvalue weighted by atomic mass is 79.9. The summed E-state index contributed by atoms with van der Waals surface area (Å²) in [6, 6.07) is 15.9. The molecule has 1 aliphatic carbocycles. The van der Waals surface area contributed by atoms with E-state index in [4.69, 9.17) is 11.6 Å². The van der Waals surface area contributed by atoms with Crippen molar-refractivity contribution in [1.29, 1.82) is 0 Å². The SMILES string of the molecule is O=C1NN=C2C=C(c3ccc(Cl)cc3)CC(c3cccc(Br)c3)C12. The molecule has 0 spiro atoms. The summed E-state index contributed by atoms with van der Waals surface area (Å²) in [6.45, 7) is 0. The van der Waals surface area contributed by atoms with Crippen LogP contribution in [0.5, 0.6) is 0 Å². The fourth-order valence-corrected chi connectivity index (χ4v) is 3.95. The predicted molar refractivity (Wildman–Crippen MR) is 100.0 cm³/mol. The third-order valence-corrected chi connectivity index (χ3v) is 5.30. The van der Waals surface area contributed by atoms with Gasteiger partial charge in [-0.15, -0.1) is 0 Å². The van der Waals surface area contributed by atoms with Crippen LogP contribution in [0, 0.1) is 5.92 Å². The summed E-state index contributed by atoms with van der Waals surface area (Å²) in [5, 5.41) is 4.95. The number of allylic oxidation sites excluding steroid dienone is 2. The van der Waals surface area contributed by atoms with Crippen LogP contribution in [-0.4, -0.2) is 11.6 Å². The highest BCUT2D eigenvalue weighted by Gasteiger charge is 2.40. The third kappa shape index (κ3) is 2.80. The van der Waals surface area contributed by atoms with Gasteiger partial charge in [-0.1, -0.05) is 51.8 Å². The quantitative estimate of drug-likeness (QED) is 0.773. The van der Waals surface area contributed by atoms with Gasteiger partial charge >= 0.3 is 0 Å². The van der Waals surface area contributed by atoms with Crippen LogP contribution in [0.15, 0.2) is 64.2 Å². The maximum atomic E-state index is 12.3. The Hall–Kier alpha value is -1.91. The second-order valence-electron chi connectivity index (χ2n) is 6.03. The summed E-state index contributed by atoms with van der Waals surface area (Å²) in [5.41, 5.74) is 6.85. The first-order chi connectivity index (χ1) is 11.6. The van der Waals surface area contributed by atoms with Crippen molar-refractivity contribution in [3.05, 3.63) is 75.2 Å². The minimum absolute atomic E-state index is 0.0265. The summed E-state index contributed by atoms with van der Waals surface area (Å²) in [5.74, 6) is -0.184. The van der Waals surface area contributed by atoms with E-state index >= 15 is 0 Å². The number of benzene rings is 2. The molecule has 2 aromatic rings. The molecule has 120 valence electrons. The van der Waals surface area contributed by atoms with Crippen molar-refractivity contribution in [3.8, 4) is 0 Å². The number of nitrogens with zero attached hydrogens (tertiary/aromatic N) is 1. The second-order valence-corrected chi connectivity index (χ2v) is 7.38. The fraction of sp³-hybridized carbons (Fsp3) is 0.158. The Morgan fingerprint density at radius 3 is 2.71 bits per heavy atom. The van der Waals surface area contributed by atoms with Gasteiger partial charge in [-0.25, -0.2) is 5.43 Å². The van der Waals surface area contributed by atoms with E-state index in [-0.39, 0.29) is 17.7 Å². The van der Waals surface area contributed by atoms with Gasteiger partial charge in [-0.2, -0.15) is 5.10 Å². The third-order valence-electron chi connectivity index (χ3n) is 4.55. The van der Waals surface area contributed by atoms with Gasteiger partial charge in [0.2, 0.25) is 5.91 Å². The topological polar surface area (TPSA) is 41.5 Å². The van der Waals surface area contributed by atoms with E-state index in [0.29, 0.717) is 5.02 Å². The number of rotatable bonds is 2. The average Bonchev–Trinajstić information content (AvgIpc) is 2.96. The van der Waals surface area contributed by atoms with Crippen molar-refractivity contribution in [3.63, 3.8) is 0 Å². The maximum Gasteiger partial charge on any atom is 0.249 e. The van der Waals surface area contributed by atoms with E-state index in [1.807, 2.05) is 42.5 Å². The first kappa shape index (κ1) is 15.6. The molecule has 1 N–H and O–H groups in total. The van der Waals surface area contributed by atoms with E-state index < -0.39 is 0 Å². The molecule has 5 heteroatoms. The Balaban J connectivity index is 1.77. The second kappa shape index (κ2) is 6.19. The summed E-state index contributed by atoms with van der Waals surface area (Å²) in [6.07, 6.45) is 2.81. The fourth-order valence-electron chi connectivity index (χ4n) is 3.41. The summed E-state index contributed by atoms with van der Waals surface area (Å²) in [4.78, 5) is 12.3. The molecule has 1 heterocycles. The number of hydrazone groups is 1. The van der Waals surface area contributed by atoms with E-state index in [1.54, 1.807) is 0 Å². The smallest absolute Gasteiger partial charge is 0.249 e. The molecule has 0 saturated carbocycles. The Kier molecular flexibility index (Phi) is 4.02. The Morgan fingerprint density at radius 2 is 1.96 bits per heavy atom. The molecule has 2 aliphatic rings. The average molecular weight is 402 g/mol. The zero-order chi connectivity index (χ0) is 16.7. The first-order valence-corrected chi connectivity index (χ1v) is 8.88. The lowest BCUT2D eigenvalue weighted by Gasteiger charge is -2.28. The molecule has 0 fully saturated rings. The van der Waals surface area contributed by atoms with E-state index in [0.717, 1.165) is 27.7 Å².